The van der Waals surface area contributed by atoms with Crippen LogP contribution in [0.1, 0.15) is 39.1 Å². The zero-order valence-electron chi connectivity index (χ0n) is 14.1. The minimum atomic E-state index is -0.287. The van der Waals surface area contributed by atoms with E-state index in [-0.39, 0.29) is 24.3 Å². The smallest absolute Gasteiger partial charge is 0.261 e. The first-order valence-electron chi connectivity index (χ1n) is 8.60. The van der Waals surface area contributed by atoms with Gasteiger partial charge in [0, 0.05) is 29.7 Å². The van der Waals surface area contributed by atoms with Crippen molar-refractivity contribution in [3.8, 4) is 0 Å². The summed E-state index contributed by atoms with van der Waals surface area (Å²) in [5.74, 6) is -0.531. The molecule has 0 fully saturated rings. The molecule has 2 aromatic carbocycles. The van der Waals surface area contributed by atoms with Crippen molar-refractivity contribution in [1.82, 2.24) is 4.90 Å². The molecule has 0 atom stereocenters. The van der Waals surface area contributed by atoms with Gasteiger partial charge >= 0.3 is 0 Å². The number of halogens is 1. The minimum absolute atomic E-state index is 0.0364. The first-order chi connectivity index (χ1) is 12.6. The number of hydrogen-bond acceptors (Lipinski definition) is 3. The number of para-hydroxylation sites is 1. The van der Waals surface area contributed by atoms with Gasteiger partial charge in [-0.2, -0.15) is 0 Å². The van der Waals surface area contributed by atoms with E-state index in [1.165, 1.54) is 10.5 Å². The summed E-state index contributed by atoms with van der Waals surface area (Å²) in [5, 5.41) is 0. The van der Waals surface area contributed by atoms with Crippen LogP contribution in [0.3, 0.4) is 0 Å². The SMILES string of the molecule is O=C1c2ccc(Br)cc2C(=O)N1CCCC(=O)N1CCc2ccccc21. The number of hydrogen-bond donors (Lipinski definition) is 0. The Bertz CT molecular complexity index is 925. The summed E-state index contributed by atoms with van der Waals surface area (Å²) >= 11 is 3.32. The summed E-state index contributed by atoms with van der Waals surface area (Å²) in [4.78, 5) is 40.4. The van der Waals surface area contributed by atoms with Crippen LogP contribution in [-0.4, -0.2) is 35.7 Å². The standard InChI is InChI=1S/C20H17BrN2O3/c21-14-7-8-15-16(12-14)20(26)23(19(15)25)10-3-6-18(24)22-11-9-13-4-1-2-5-17(13)22/h1-2,4-5,7-8,12H,3,6,9-11H2. The molecule has 132 valence electrons. The molecule has 2 aliphatic heterocycles. The third-order valence-electron chi connectivity index (χ3n) is 4.89. The van der Waals surface area contributed by atoms with Crippen LogP contribution >= 0.6 is 15.9 Å². The van der Waals surface area contributed by atoms with Gasteiger partial charge in [0.25, 0.3) is 11.8 Å². The lowest BCUT2D eigenvalue weighted by Gasteiger charge is -2.18. The maximum atomic E-state index is 12.5. The molecule has 2 aromatic rings. The van der Waals surface area contributed by atoms with Gasteiger partial charge in [0.05, 0.1) is 11.1 Å². The largest absolute Gasteiger partial charge is 0.312 e. The van der Waals surface area contributed by atoms with Crippen molar-refractivity contribution >= 4 is 39.3 Å². The average Bonchev–Trinajstić information content (AvgIpc) is 3.16. The highest BCUT2D eigenvalue weighted by molar-refractivity contribution is 9.10. The number of carbonyl (C=O) groups excluding carboxylic acids is 3. The summed E-state index contributed by atoms with van der Waals surface area (Å²) in [5.41, 5.74) is 3.01. The topological polar surface area (TPSA) is 57.7 Å². The van der Waals surface area contributed by atoms with E-state index in [1.807, 2.05) is 24.3 Å². The maximum Gasteiger partial charge on any atom is 0.261 e. The third kappa shape index (κ3) is 2.84. The van der Waals surface area contributed by atoms with Crippen LogP contribution in [0.2, 0.25) is 0 Å². The Morgan fingerprint density at radius 3 is 2.65 bits per heavy atom. The summed E-state index contributed by atoms with van der Waals surface area (Å²) in [6, 6.07) is 13.0. The van der Waals surface area contributed by atoms with Crippen LogP contribution in [0.5, 0.6) is 0 Å². The zero-order chi connectivity index (χ0) is 18.3. The van der Waals surface area contributed by atoms with Crippen molar-refractivity contribution in [3.05, 3.63) is 63.6 Å². The third-order valence-corrected chi connectivity index (χ3v) is 5.39. The predicted molar refractivity (Wildman–Crippen MR) is 101 cm³/mol. The first kappa shape index (κ1) is 17.0. The number of benzene rings is 2. The highest BCUT2D eigenvalue weighted by Crippen LogP contribution is 2.29. The molecular formula is C20H17BrN2O3. The fraction of sp³-hybridized carbons (Fsp3) is 0.250. The maximum absolute atomic E-state index is 12.5. The number of carbonyl (C=O) groups is 3. The Morgan fingerprint density at radius 1 is 1.04 bits per heavy atom. The van der Waals surface area contributed by atoms with E-state index < -0.39 is 0 Å². The Hall–Kier alpha value is -2.47. The van der Waals surface area contributed by atoms with Crippen molar-refractivity contribution in [3.63, 3.8) is 0 Å². The number of anilines is 1. The second-order valence-corrected chi connectivity index (χ2v) is 7.40. The van der Waals surface area contributed by atoms with Gasteiger partial charge in [-0.3, -0.25) is 19.3 Å². The molecule has 0 unspecified atom stereocenters. The lowest BCUT2D eigenvalue weighted by atomic mass is 10.1. The van der Waals surface area contributed by atoms with Crippen LogP contribution in [0.25, 0.3) is 0 Å². The molecule has 0 saturated carbocycles. The van der Waals surface area contributed by atoms with Crippen LogP contribution in [-0.2, 0) is 11.2 Å². The van der Waals surface area contributed by atoms with Gasteiger partial charge in [-0.25, -0.2) is 0 Å². The van der Waals surface area contributed by atoms with Crippen molar-refractivity contribution in [1.29, 1.82) is 0 Å². The van der Waals surface area contributed by atoms with E-state index in [1.54, 1.807) is 23.1 Å². The summed E-state index contributed by atoms with van der Waals surface area (Å²) < 4.78 is 0.766. The van der Waals surface area contributed by atoms with Crippen molar-refractivity contribution in [2.24, 2.45) is 0 Å². The summed E-state index contributed by atoms with van der Waals surface area (Å²) in [7, 11) is 0. The Kier molecular flexibility index (Phi) is 4.36. The molecule has 2 heterocycles. The molecule has 3 amide bonds. The molecule has 0 saturated heterocycles. The number of amides is 3. The summed E-state index contributed by atoms with van der Waals surface area (Å²) in [6.45, 7) is 0.949. The average molecular weight is 413 g/mol. The lowest BCUT2D eigenvalue weighted by molar-refractivity contribution is -0.118. The second-order valence-electron chi connectivity index (χ2n) is 6.48. The zero-order valence-corrected chi connectivity index (χ0v) is 15.7. The monoisotopic (exact) mass is 412 g/mol. The summed E-state index contributed by atoms with van der Waals surface area (Å²) in [6.07, 6.45) is 1.64. The Morgan fingerprint density at radius 2 is 1.81 bits per heavy atom. The van der Waals surface area contributed by atoms with Crippen molar-refractivity contribution in [2.45, 2.75) is 19.3 Å². The quantitative estimate of drug-likeness (QED) is 0.722. The van der Waals surface area contributed by atoms with E-state index in [2.05, 4.69) is 15.9 Å². The molecule has 0 spiro atoms. The van der Waals surface area contributed by atoms with E-state index in [0.29, 0.717) is 30.5 Å². The minimum Gasteiger partial charge on any atom is -0.312 e. The highest BCUT2D eigenvalue weighted by Gasteiger charge is 2.35. The highest BCUT2D eigenvalue weighted by atomic mass is 79.9. The van der Waals surface area contributed by atoms with Crippen molar-refractivity contribution < 1.29 is 14.4 Å². The van der Waals surface area contributed by atoms with Crippen LogP contribution in [0, 0.1) is 0 Å². The predicted octanol–water partition coefficient (Wildman–Crippen LogP) is 3.41. The van der Waals surface area contributed by atoms with Gasteiger partial charge in [-0.05, 0) is 42.7 Å². The molecule has 0 N–H and O–H groups in total. The van der Waals surface area contributed by atoms with Gasteiger partial charge in [0.1, 0.15) is 0 Å². The second kappa shape index (κ2) is 6.68. The van der Waals surface area contributed by atoms with E-state index >= 15 is 0 Å². The molecule has 4 rings (SSSR count). The number of fused-ring (bicyclic) bond motifs is 2. The molecule has 6 heteroatoms. The van der Waals surface area contributed by atoms with E-state index in [9.17, 15) is 14.4 Å². The number of imide groups is 1. The van der Waals surface area contributed by atoms with Gasteiger partial charge in [-0.15, -0.1) is 0 Å². The molecule has 0 bridgehead atoms. The first-order valence-corrected chi connectivity index (χ1v) is 9.39. The van der Waals surface area contributed by atoms with E-state index in [0.717, 1.165) is 16.6 Å². The molecule has 0 aromatic heterocycles. The molecule has 2 aliphatic rings. The van der Waals surface area contributed by atoms with E-state index in [4.69, 9.17) is 0 Å². The van der Waals surface area contributed by atoms with Crippen LogP contribution in [0.15, 0.2) is 46.9 Å². The Balaban J connectivity index is 1.38. The molecule has 0 aliphatic carbocycles. The fourth-order valence-corrected chi connectivity index (χ4v) is 3.95. The van der Waals surface area contributed by atoms with Crippen LogP contribution in [0.4, 0.5) is 5.69 Å². The molecular weight excluding hydrogens is 396 g/mol. The van der Waals surface area contributed by atoms with Crippen LogP contribution < -0.4 is 4.90 Å². The van der Waals surface area contributed by atoms with Crippen molar-refractivity contribution in [2.75, 3.05) is 18.0 Å². The molecule has 0 radical (unpaired) electrons. The fourth-order valence-electron chi connectivity index (χ4n) is 3.59. The molecule has 5 nitrogen and oxygen atoms in total. The molecule has 26 heavy (non-hydrogen) atoms. The van der Waals surface area contributed by atoms with Gasteiger partial charge < -0.3 is 4.90 Å². The Labute approximate surface area is 159 Å². The van der Waals surface area contributed by atoms with Gasteiger partial charge in [0.15, 0.2) is 0 Å². The number of rotatable bonds is 4. The normalized spacial score (nSPS) is 15.4. The van der Waals surface area contributed by atoms with Gasteiger partial charge in [0.2, 0.25) is 5.91 Å². The van der Waals surface area contributed by atoms with Gasteiger partial charge in [-0.1, -0.05) is 34.1 Å². The lowest BCUT2D eigenvalue weighted by Crippen LogP contribution is -2.33. The number of nitrogens with zero attached hydrogens (tertiary/aromatic N) is 2.